The van der Waals surface area contributed by atoms with Gasteiger partial charge in [0, 0.05) is 35.3 Å². The van der Waals surface area contributed by atoms with Crippen molar-refractivity contribution in [2.24, 2.45) is 0 Å². The number of thiophene rings is 1. The molecule has 7 nitrogen and oxygen atoms in total. The number of hydrogen-bond acceptors (Lipinski definition) is 7. The summed E-state index contributed by atoms with van der Waals surface area (Å²) in [6.45, 7) is 7.72. The fraction of sp³-hybridized carbons (Fsp3) is 0.500. The molecule has 0 aliphatic carbocycles. The summed E-state index contributed by atoms with van der Waals surface area (Å²) >= 11 is 3.34. The second-order valence-corrected chi connectivity index (χ2v) is 10.2. The van der Waals surface area contributed by atoms with Gasteiger partial charge >= 0.3 is 11.1 Å². The van der Waals surface area contributed by atoms with Crippen LogP contribution in [-0.4, -0.2) is 37.3 Å². The van der Waals surface area contributed by atoms with Crippen LogP contribution in [0.25, 0.3) is 0 Å². The highest BCUT2D eigenvalue weighted by atomic mass is 32.1. The lowest BCUT2D eigenvalue weighted by atomic mass is 9.85. The minimum absolute atomic E-state index is 0.141. The summed E-state index contributed by atoms with van der Waals surface area (Å²) in [5, 5.41) is 9.71. The molecule has 0 saturated carbocycles. The van der Waals surface area contributed by atoms with Gasteiger partial charge in [-0.15, -0.1) is 22.7 Å². The summed E-state index contributed by atoms with van der Waals surface area (Å²) < 4.78 is 2.94. The number of rotatable bonds is 4. The zero-order valence-electron chi connectivity index (χ0n) is 16.6. The lowest BCUT2D eigenvalue weighted by Gasteiger charge is -2.23. The van der Waals surface area contributed by atoms with E-state index in [9.17, 15) is 9.59 Å². The Bertz CT molecular complexity index is 1190. The monoisotopic (exact) mass is 429 g/mol. The van der Waals surface area contributed by atoms with Gasteiger partial charge < -0.3 is 0 Å². The van der Waals surface area contributed by atoms with Crippen LogP contribution in [0, 0.1) is 13.8 Å². The van der Waals surface area contributed by atoms with E-state index >= 15 is 0 Å². The molecule has 5 rings (SSSR count). The molecule has 2 aliphatic rings. The second-order valence-electron chi connectivity index (χ2n) is 8.12. The molecule has 1 atom stereocenters. The Labute approximate surface area is 176 Å². The van der Waals surface area contributed by atoms with Crippen LogP contribution in [0.2, 0.25) is 0 Å². The van der Waals surface area contributed by atoms with Crippen LogP contribution >= 0.6 is 22.7 Å². The first-order valence-electron chi connectivity index (χ1n) is 9.84. The van der Waals surface area contributed by atoms with E-state index in [0.29, 0.717) is 6.54 Å². The van der Waals surface area contributed by atoms with Crippen molar-refractivity contribution < 1.29 is 0 Å². The van der Waals surface area contributed by atoms with Crippen LogP contribution in [0.3, 0.4) is 0 Å². The second kappa shape index (κ2) is 7.00. The van der Waals surface area contributed by atoms with Gasteiger partial charge in [-0.2, -0.15) is 5.10 Å². The molecular formula is C20H23N5O2S2. The third-order valence-electron chi connectivity index (χ3n) is 6.17. The summed E-state index contributed by atoms with van der Waals surface area (Å²) in [7, 11) is 0. The predicted octanol–water partition coefficient (Wildman–Crippen LogP) is 2.14. The first-order chi connectivity index (χ1) is 13.9. The van der Waals surface area contributed by atoms with E-state index in [0.717, 1.165) is 49.0 Å². The number of nitrogens with zero attached hydrogens (tertiary/aromatic N) is 5. The molecule has 152 valence electrons. The maximum atomic E-state index is 12.8. The quantitative estimate of drug-likeness (QED) is 0.594. The van der Waals surface area contributed by atoms with E-state index in [1.807, 2.05) is 12.3 Å². The molecule has 0 aromatic carbocycles. The largest absolute Gasteiger partial charge is 0.332 e. The Morgan fingerprint density at radius 2 is 1.93 bits per heavy atom. The molecule has 29 heavy (non-hydrogen) atoms. The van der Waals surface area contributed by atoms with E-state index in [2.05, 4.69) is 28.3 Å². The van der Waals surface area contributed by atoms with E-state index in [4.69, 9.17) is 5.10 Å². The van der Waals surface area contributed by atoms with Crippen molar-refractivity contribution in [1.29, 1.82) is 0 Å². The maximum absolute atomic E-state index is 12.8. The van der Waals surface area contributed by atoms with Gasteiger partial charge in [0.25, 0.3) is 0 Å². The van der Waals surface area contributed by atoms with E-state index in [-0.39, 0.29) is 12.0 Å². The molecule has 1 fully saturated rings. The van der Waals surface area contributed by atoms with Crippen LogP contribution in [0.1, 0.15) is 39.8 Å². The van der Waals surface area contributed by atoms with Crippen molar-refractivity contribution >= 4 is 22.7 Å². The summed E-state index contributed by atoms with van der Waals surface area (Å²) in [5.74, 6) is 0.777. The average molecular weight is 430 g/mol. The Morgan fingerprint density at radius 1 is 1.10 bits per heavy atom. The number of fused-ring (bicyclic) bond motifs is 2. The molecule has 0 amide bonds. The summed E-state index contributed by atoms with van der Waals surface area (Å²) in [5.41, 5.74) is 0.966. The van der Waals surface area contributed by atoms with Crippen LogP contribution < -0.4 is 11.1 Å². The van der Waals surface area contributed by atoms with Crippen molar-refractivity contribution in [3.05, 3.63) is 64.5 Å². The minimum atomic E-state index is -0.555. The van der Waals surface area contributed by atoms with Gasteiger partial charge in [0.1, 0.15) is 5.82 Å². The van der Waals surface area contributed by atoms with E-state index < -0.39 is 11.1 Å². The highest BCUT2D eigenvalue weighted by Crippen LogP contribution is 2.41. The SMILES string of the molecule is Cc1nc(Cn2nc3n(c(=O)c2=O)CCC32CCN(Cc3sccc3C)C2)cs1. The predicted molar refractivity (Wildman–Crippen MR) is 114 cm³/mol. The highest BCUT2D eigenvalue weighted by Gasteiger charge is 2.47. The van der Waals surface area contributed by atoms with Crippen LogP contribution in [0.5, 0.6) is 0 Å². The fourth-order valence-electron chi connectivity index (χ4n) is 4.56. The van der Waals surface area contributed by atoms with E-state index in [1.54, 1.807) is 15.9 Å². The number of aryl methyl sites for hydroxylation is 2. The molecule has 5 heterocycles. The van der Waals surface area contributed by atoms with Gasteiger partial charge in [0.05, 0.1) is 17.2 Å². The fourth-order valence-corrected chi connectivity index (χ4v) is 6.11. The maximum Gasteiger partial charge on any atom is 0.332 e. The van der Waals surface area contributed by atoms with Crippen molar-refractivity contribution in [2.45, 2.75) is 51.7 Å². The smallest absolute Gasteiger partial charge is 0.297 e. The lowest BCUT2D eigenvalue weighted by Crippen LogP contribution is -2.45. The molecule has 0 N–H and O–H groups in total. The van der Waals surface area contributed by atoms with Gasteiger partial charge in [-0.05, 0) is 50.2 Å². The molecular weight excluding hydrogens is 406 g/mol. The Kier molecular flexibility index (Phi) is 4.56. The van der Waals surface area contributed by atoms with E-state index in [1.165, 1.54) is 26.5 Å². The topological polar surface area (TPSA) is 73.0 Å². The number of hydrogen-bond donors (Lipinski definition) is 0. The zero-order chi connectivity index (χ0) is 20.2. The first kappa shape index (κ1) is 18.9. The summed E-state index contributed by atoms with van der Waals surface area (Å²) in [4.78, 5) is 33.6. The molecule has 1 unspecified atom stereocenters. The Morgan fingerprint density at radius 3 is 2.66 bits per heavy atom. The first-order valence-corrected chi connectivity index (χ1v) is 11.6. The van der Waals surface area contributed by atoms with Crippen molar-refractivity contribution in [3.8, 4) is 0 Å². The van der Waals surface area contributed by atoms with Crippen LogP contribution in [0.4, 0.5) is 0 Å². The highest BCUT2D eigenvalue weighted by molar-refractivity contribution is 7.10. The normalized spacial score (nSPS) is 21.3. The molecule has 2 aliphatic heterocycles. The molecule has 3 aromatic rings. The van der Waals surface area contributed by atoms with Crippen LogP contribution in [-0.2, 0) is 25.0 Å². The van der Waals surface area contributed by atoms with Crippen molar-refractivity contribution in [3.63, 3.8) is 0 Å². The van der Waals surface area contributed by atoms with Gasteiger partial charge in [-0.1, -0.05) is 0 Å². The van der Waals surface area contributed by atoms with Gasteiger partial charge in [-0.25, -0.2) is 9.67 Å². The molecule has 3 aromatic heterocycles. The Hall–Kier alpha value is -2.10. The molecule has 0 radical (unpaired) electrons. The standard InChI is InChI=1S/C20H23N5O2S2/c1-13-3-8-28-16(13)10-23-6-4-20(12-23)5-7-24-17(26)18(27)25(22-19(20)24)9-15-11-29-14(2)21-15/h3,8,11H,4-7,9-10,12H2,1-2H3. The van der Waals surface area contributed by atoms with Crippen molar-refractivity contribution in [2.75, 3.05) is 13.1 Å². The third-order valence-corrected chi connectivity index (χ3v) is 8.00. The van der Waals surface area contributed by atoms with Crippen molar-refractivity contribution in [1.82, 2.24) is 24.2 Å². The molecule has 1 spiro atoms. The van der Waals surface area contributed by atoms with Gasteiger partial charge in [0.2, 0.25) is 0 Å². The lowest BCUT2D eigenvalue weighted by molar-refractivity contribution is 0.299. The van der Waals surface area contributed by atoms with Gasteiger partial charge in [0.15, 0.2) is 0 Å². The molecule has 0 bridgehead atoms. The van der Waals surface area contributed by atoms with Crippen LogP contribution in [0.15, 0.2) is 26.4 Å². The molecule has 1 saturated heterocycles. The molecule has 9 heteroatoms. The average Bonchev–Trinajstić information content (AvgIpc) is 3.46. The van der Waals surface area contributed by atoms with Gasteiger partial charge in [-0.3, -0.25) is 19.1 Å². The number of likely N-dealkylation sites (tertiary alicyclic amines) is 1. The number of thiazole rings is 1. The zero-order valence-corrected chi connectivity index (χ0v) is 18.2. The Balaban J connectivity index is 1.46. The summed E-state index contributed by atoms with van der Waals surface area (Å²) in [6, 6.07) is 2.16. The third kappa shape index (κ3) is 3.21. The number of aromatic nitrogens is 4. The summed E-state index contributed by atoms with van der Waals surface area (Å²) in [6.07, 6.45) is 1.84. The minimum Gasteiger partial charge on any atom is -0.297 e.